The molecule has 2 fully saturated rings. The highest BCUT2D eigenvalue weighted by molar-refractivity contribution is 5.76. The summed E-state index contributed by atoms with van der Waals surface area (Å²) in [6.07, 6.45) is 6.90. The van der Waals surface area contributed by atoms with Crippen LogP contribution in [-0.4, -0.2) is 44.0 Å². The van der Waals surface area contributed by atoms with E-state index in [0.717, 1.165) is 25.9 Å². The van der Waals surface area contributed by atoms with Crippen molar-refractivity contribution in [1.82, 2.24) is 10.2 Å². The van der Waals surface area contributed by atoms with Crippen LogP contribution in [0.2, 0.25) is 0 Å². The molecule has 25 heavy (non-hydrogen) atoms. The number of carbonyl (C=O) groups is 1. The van der Waals surface area contributed by atoms with E-state index in [1.54, 1.807) is 0 Å². The maximum Gasteiger partial charge on any atom is 0.220 e. The number of hydrogen-bond acceptors (Lipinski definition) is 3. The highest BCUT2D eigenvalue weighted by Crippen LogP contribution is 2.23. The molecule has 0 spiro atoms. The fourth-order valence-electron chi connectivity index (χ4n) is 4.04. The summed E-state index contributed by atoms with van der Waals surface area (Å²) in [6.45, 7) is 6.66. The maximum atomic E-state index is 12.4. The van der Waals surface area contributed by atoms with E-state index in [9.17, 15) is 4.79 Å². The number of carbonyl (C=O) groups excluding carboxylic acids is 1. The van der Waals surface area contributed by atoms with Gasteiger partial charge < -0.3 is 15.1 Å². The van der Waals surface area contributed by atoms with Crippen molar-refractivity contribution in [1.29, 1.82) is 0 Å². The molecule has 1 aromatic carbocycles. The van der Waals surface area contributed by atoms with Gasteiger partial charge in [0.15, 0.2) is 0 Å². The molecular formula is C21H33N3O. The van der Waals surface area contributed by atoms with E-state index >= 15 is 0 Å². The highest BCUT2D eigenvalue weighted by Gasteiger charge is 2.20. The molecule has 1 amide bonds. The molecule has 4 heteroatoms. The van der Waals surface area contributed by atoms with Gasteiger partial charge in [0, 0.05) is 25.2 Å². The van der Waals surface area contributed by atoms with E-state index < -0.39 is 0 Å². The molecule has 1 unspecified atom stereocenters. The van der Waals surface area contributed by atoms with Gasteiger partial charge >= 0.3 is 0 Å². The lowest BCUT2D eigenvalue weighted by Crippen LogP contribution is -2.34. The summed E-state index contributed by atoms with van der Waals surface area (Å²) in [5.74, 6) is 0.743. The molecule has 0 saturated carbocycles. The van der Waals surface area contributed by atoms with Crippen LogP contribution >= 0.6 is 0 Å². The zero-order valence-corrected chi connectivity index (χ0v) is 15.8. The van der Waals surface area contributed by atoms with Crippen LogP contribution < -0.4 is 10.2 Å². The van der Waals surface area contributed by atoms with E-state index in [2.05, 4.69) is 53.4 Å². The fraction of sp³-hybridized carbons (Fsp3) is 0.667. The summed E-state index contributed by atoms with van der Waals surface area (Å²) < 4.78 is 0. The topological polar surface area (TPSA) is 35.6 Å². The average Bonchev–Trinajstić information content (AvgIpc) is 2.64. The van der Waals surface area contributed by atoms with Crippen molar-refractivity contribution in [2.75, 3.05) is 38.1 Å². The van der Waals surface area contributed by atoms with Crippen LogP contribution in [0, 0.1) is 5.92 Å². The van der Waals surface area contributed by atoms with Gasteiger partial charge in [-0.2, -0.15) is 0 Å². The van der Waals surface area contributed by atoms with Gasteiger partial charge in [0.05, 0.1) is 6.04 Å². The first-order valence-corrected chi connectivity index (χ1v) is 9.94. The molecule has 2 aliphatic rings. The molecule has 0 radical (unpaired) electrons. The van der Waals surface area contributed by atoms with E-state index in [1.165, 1.54) is 43.6 Å². The molecule has 1 aromatic rings. The largest absolute Gasteiger partial charge is 0.372 e. The van der Waals surface area contributed by atoms with Crippen molar-refractivity contribution in [3.8, 4) is 0 Å². The van der Waals surface area contributed by atoms with Crippen molar-refractivity contribution in [3.05, 3.63) is 29.8 Å². The lowest BCUT2D eigenvalue weighted by molar-refractivity contribution is -0.123. The Morgan fingerprint density at radius 2 is 1.72 bits per heavy atom. The van der Waals surface area contributed by atoms with Crippen molar-refractivity contribution < 1.29 is 4.79 Å². The molecule has 0 aliphatic carbocycles. The molecule has 3 rings (SSSR count). The molecule has 4 nitrogen and oxygen atoms in total. The van der Waals surface area contributed by atoms with Gasteiger partial charge in [-0.1, -0.05) is 12.1 Å². The van der Waals surface area contributed by atoms with E-state index in [-0.39, 0.29) is 11.9 Å². The summed E-state index contributed by atoms with van der Waals surface area (Å²) in [5.41, 5.74) is 2.51. The van der Waals surface area contributed by atoms with Gasteiger partial charge in [0.1, 0.15) is 0 Å². The normalized spacial score (nSPS) is 21.1. The van der Waals surface area contributed by atoms with Gasteiger partial charge in [-0.25, -0.2) is 0 Å². The summed E-state index contributed by atoms with van der Waals surface area (Å²) >= 11 is 0. The lowest BCUT2D eigenvalue weighted by atomic mass is 9.93. The van der Waals surface area contributed by atoms with Crippen molar-refractivity contribution in [2.24, 2.45) is 5.92 Å². The molecule has 2 aliphatic heterocycles. The van der Waals surface area contributed by atoms with Crippen LogP contribution in [0.15, 0.2) is 24.3 Å². The lowest BCUT2D eigenvalue weighted by Gasteiger charge is -2.29. The van der Waals surface area contributed by atoms with Crippen LogP contribution in [0.4, 0.5) is 5.69 Å². The minimum absolute atomic E-state index is 0.0779. The molecule has 0 aromatic heterocycles. The number of amides is 1. The maximum absolute atomic E-state index is 12.4. The highest BCUT2D eigenvalue weighted by atomic mass is 16.1. The smallest absolute Gasteiger partial charge is 0.220 e. The minimum Gasteiger partial charge on any atom is -0.372 e. The zero-order valence-electron chi connectivity index (χ0n) is 15.8. The summed E-state index contributed by atoms with van der Waals surface area (Å²) in [7, 11) is 2.16. The van der Waals surface area contributed by atoms with Crippen molar-refractivity contribution in [3.63, 3.8) is 0 Å². The summed E-state index contributed by atoms with van der Waals surface area (Å²) in [6, 6.07) is 8.84. The third kappa shape index (κ3) is 5.21. The second kappa shape index (κ2) is 8.70. The van der Waals surface area contributed by atoms with Crippen molar-refractivity contribution in [2.45, 2.75) is 51.5 Å². The van der Waals surface area contributed by atoms with Crippen LogP contribution in [-0.2, 0) is 4.79 Å². The van der Waals surface area contributed by atoms with Gasteiger partial charge in [0.25, 0.3) is 0 Å². The van der Waals surface area contributed by atoms with Crippen LogP contribution in [0.25, 0.3) is 0 Å². The van der Waals surface area contributed by atoms with Crippen LogP contribution in [0.1, 0.15) is 57.1 Å². The van der Waals surface area contributed by atoms with E-state index in [4.69, 9.17) is 0 Å². The fourth-order valence-corrected chi connectivity index (χ4v) is 4.04. The number of anilines is 1. The third-order valence-corrected chi connectivity index (χ3v) is 5.80. The molecule has 1 atom stereocenters. The first-order valence-electron chi connectivity index (χ1n) is 9.94. The first kappa shape index (κ1) is 18.2. The van der Waals surface area contributed by atoms with Gasteiger partial charge in [-0.3, -0.25) is 4.79 Å². The van der Waals surface area contributed by atoms with Gasteiger partial charge in [0.2, 0.25) is 5.91 Å². The Balaban J connectivity index is 1.48. The van der Waals surface area contributed by atoms with Crippen LogP contribution in [0.3, 0.4) is 0 Å². The van der Waals surface area contributed by atoms with E-state index in [0.29, 0.717) is 12.3 Å². The van der Waals surface area contributed by atoms with Crippen molar-refractivity contribution >= 4 is 11.6 Å². The standard InChI is InChI=1S/C21H33N3O/c1-17(22-21(25)16-18-10-14-23(2)15-11-18)19-6-8-20(9-7-19)24-12-4-3-5-13-24/h6-9,17-18H,3-5,10-16H2,1-2H3,(H,22,25). The molecule has 0 bridgehead atoms. The number of nitrogens with one attached hydrogen (secondary N) is 1. The SMILES string of the molecule is CC(NC(=O)CC1CCN(C)CC1)c1ccc(N2CCCCC2)cc1. The Morgan fingerprint density at radius 1 is 1.08 bits per heavy atom. The monoisotopic (exact) mass is 343 g/mol. The second-order valence-corrected chi connectivity index (χ2v) is 7.88. The predicted octanol–water partition coefficient (Wildman–Crippen LogP) is 3.59. The number of benzene rings is 1. The average molecular weight is 344 g/mol. The number of nitrogens with zero attached hydrogens (tertiary/aromatic N) is 2. The minimum atomic E-state index is 0.0779. The molecule has 2 heterocycles. The number of hydrogen-bond donors (Lipinski definition) is 1. The predicted molar refractivity (Wildman–Crippen MR) is 104 cm³/mol. The summed E-state index contributed by atoms with van der Waals surface area (Å²) in [4.78, 5) is 17.2. The molecular weight excluding hydrogens is 310 g/mol. The first-order chi connectivity index (χ1) is 12.1. The Labute approximate surface area is 152 Å². The number of rotatable bonds is 5. The molecule has 138 valence electrons. The quantitative estimate of drug-likeness (QED) is 0.887. The number of piperidine rings is 2. The summed E-state index contributed by atoms with van der Waals surface area (Å²) in [5, 5.41) is 3.19. The number of likely N-dealkylation sites (tertiary alicyclic amines) is 1. The van der Waals surface area contributed by atoms with Crippen LogP contribution in [0.5, 0.6) is 0 Å². The van der Waals surface area contributed by atoms with Gasteiger partial charge in [-0.15, -0.1) is 0 Å². The Bertz CT molecular complexity index is 543. The van der Waals surface area contributed by atoms with E-state index in [1.807, 2.05) is 0 Å². The second-order valence-electron chi connectivity index (χ2n) is 7.88. The Kier molecular flexibility index (Phi) is 6.35. The van der Waals surface area contributed by atoms with Gasteiger partial charge in [-0.05, 0) is 82.8 Å². The Morgan fingerprint density at radius 3 is 2.36 bits per heavy atom. The molecule has 2 saturated heterocycles. The Hall–Kier alpha value is -1.55. The molecule has 1 N–H and O–H groups in total. The zero-order chi connectivity index (χ0) is 17.6. The third-order valence-electron chi connectivity index (χ3n) is 5.80.